The van der Waals surface area contributed by atoms with Crippen molar-refractivity contribution < 1.29 is 9.53 Å². The molecule has 1 heterocycles. The average Bonchev–Trinajstić information content (AvgIpc) is 2.83. The van der Waals surface area contributed by atoms with Crippen molar-refractivity contribution in [1.29, 1.82) is 0 Å². The standard InChI is InChI=1S/C13H10BrIN2O2S/c14-12-6-5-9(20-12)7-16-17-13(18)8-19-11-4-2-1-3-10(11)15/h1-7H,8H2,(H,17,18)/b16-7+. The Kier molecular flexibility index (Phi) is 5.99. The van der Waals surface area contributed by atoms with Crippen LogP contribution in [0.1, 0.15) is 4.88 Å². The Balaban J connectivity index is 1.78. The maximum atomic E-state index is 11.6. The molecule has 0 saturated carbocycles. The van der Waals surface area contributed by atoms with Crippen LogP contribution in [-0.4, -0.2) is 18.7 Å². The number of ether oxygens (including phenoxy) is 1. The fraction of sp³-hybridized carbons (Fsp3) is 0.0769. The Morgan fingerprint density at radius 3 is 2.90 bits per heavy atom. The van der Waals surface area contributed by atoms with Gasteiger partial charge in [0.1, 0.15) is 5.75 Å². The van der Waals surface area contributed by atoms with E-state index in [0.717, 1.165) is 12.2 Å². The van der Waals surface area contributed by atoms with Gasteiger partial charge in [-0.1, -0.05) is 12.1 Å². The highest BCUT2D eigenvalue weighted by molar-refractivity contribution is 14.1. The molecule has 2 aromatic rings. The topological polar surface area (TPSA) is 50.7 Å². The van der Waals surface area contributed by atoms with E-state index < -0.39 is 0 Å². The first-order chi connectivity index (χ1) is 9.65. The van der Waals surface area contributed by atoms with Gasteiger partial charge in [0.2, 0.25) is 0 Å². The van der Waals surface area contributed by atoms with Crippen LogP contribution >= 0.6 is 49.9 Å². The van der Waals surface area contributed by atoms with Gasteiger partial charge in [-0.3, -0.25) is 4.79 Å². The van der Waals surface area contributed by atoms with Crippen LogP contribution in [0.4, 0.5) is 0 Å². The van der Waals surface area contributed by atoms with E-state index in [-0.39, 0.29) is 12.5 Å². The van der Waals surface area contributed by atoms with Gasteiger partial charge in [-0.05, 0) is 62.8 Å². The minimum absolute atomic E-state index is 0.0640. The summed E-state index contributed by atoms with van der Waals surface area (Å²) in [4.78, 5) is 12.5. The molecule has 1 aromatic carbocycles. The molecule has 0 atom stereocenters. The molecule has 0 saturated heterocycles. The monoisotopic (exact) mass is 464 g/mol. The summed E-state index contributed by atoms with van der Waals surface area (Å²) in [5.41, 5.74) is 2.42. The fourth-order valence-electron chi connectivity index (χ4n) is 1.30. The molecule has 2 rings (SSSR count). The van der Waals surface area contributed by atoms with Crippen LogP contribution in [0.2, 0.25) is 0 Å². The van der Waals surface area contributed by atoms with Crippen LogP contribution < -0.4 is 10.2 Å². The molecule has 7 heteroatoms. The predicted molar refractivity (Wildman–Crippen MR) is 92.4 cm³/mol. The second-order valence-corrected chi connectivity index (χ2v) is 7.31. The minimum atomic E-state index is -0.295. The summed E-state index contributed by atoms with van der Waals surface area (Å²) in [6.45, 7) is -0.0640. The van der Waals surface area contributed by atoms with Crippen molar-refractivity contribution in [2.75, 3.05) is 6.61 Å². The molecule has 0 aliphatic rings. The molecule has 0 spiro atoms. The summed E-state index contributed by atoms with van der Waals surface area (Å²) in [5, 5.41) is 3.87. The van der Waals surface area contributed by atoms with Crippen molar-refractivity contribution in [1.82, 2.24) is 5.43 Å². The van der Waals surface area contributed by atoms with Gasteiger partial charge in [-0.25, -0.2) is 5.43 Å². The highest BCUT2D eigenvalue weighted by Crippen LogP contribution is 2.20. The summed E-state index contributed by atoms with van der Waals surface area (Å²) < 4.78 is 7.39. The number of carbonyl (C=O) groups excluding carboxylic acids is 1. The smallest absolute Gasteiger partial charge is 0.277 e. The number of amides is 1. The second kappa shape index (κ2) is 7.75. The minimum Gasteiger partial charge on any atom is -0.483 e. The third kappa shape index (κ3) is 4.88. The van der Waals surface area contributed by atoms with E-state index in [4.69, 9.17) is 4.74 Å². The lowest BCUT2D eigenvalue weighted by atomic mass is 10.3. The summed E-state index contributed by atoms with van der Waals surface area (Å²) in [5.74, 6) is 0.394. The van der Waals surface area contributed by atoms with E-state index in [2.05, 4.69) is 49.0 Å². The Labute approximate surface area is 142 Å². The predicted octanol–water partition coefficient (Wildman–Crippen LogP) is 3.64. The van der Waals surface area contributed by atoms with E-state index in [9.17, 15) is 4.79 Å². The molecular weight excluding hydrogens is 455 g/mol. The van der Waals surface area contributed by atoms with Gasteiger partial charge in [-0.2, -0.15) is 5.10 Å². The second-order valence-electron chi connectivity index (χ2n) is 3.65. The normalized spacial score (nSPS) is 10.7. The van der Waals surface area contributed by atoms with Gasteiger partial charge in [-0.15, -0.1) is 11.3 Å². The number of rotatable bonds is 5. The summed E-state index contributed by atoms with van der Waals surface area (Å²) >= 11 is 7.05. The SMILES string of the molecule is O=C(COc1ccccc1I)N/N=C/c1ccc(Br)s1. The van der Waals surface area contributed by atoms with Crippen molar-refractivity contribution in [2.45, 2.75) is 0 Å². The molecule has 0 aliphatic heterocycles. The number of carbonyl (C=O) groups is 1. The van der Waals surface area contributed by atoms with E-state index >= 15 is 0 Å². The number of hydrogen-bond donors (Lipinski definition) is 1. The molecule has 0 aliphatic carbocycles. The van der Waals surface area contributed by atoms with Crippen molar-refractivity contribution in [3.63, 3.8) is 0 Å². The maximum absolute atomic E-state index is 11.6. The first kappa shape index (κ1) is 15.5. The Hall–Kier alpha value is -0.930. The quantitative estimate of drug-likeness (QED) is 0.417. The molecule has 0 unspecified atom stereocenters. The number of nitrogens with one attached hydrogen (secondary N) is 1. The number of nitrogens with zero attached hydrogens (tertiary/aromatic N) is 1. The van der Waals surface area contributed by atoms with Crippen LogP contribution in [0.15, 0.2) is 45.3 Å². The van der Waals surface area contributed by atoms with Crippen molar-refractivity contribution >= 4 is 62.0 Å². The van der Waals surface area contributed by atoms with Crippen LogP contribution in [-0.2, 0) is 4.79 Å². The largest absolute Gasteiger partial charge is 0.483 e. The number of thiophene rings is 1. The molecule has 1 N–H and O–H groups in total. The van der Waals surface area contributed by atoms with Crippen molar-refractivity contribution in [3.8, 4) is 5.75 Å². The summed E-state index contributed by atoms with van der Waals surface area (Å²) in [6, 6.07) is 11.4. The fourth-order valence-corrected chi connectivity index (χ4v) is 3.14. The van der Waals surface area contributed by atoms with Gasteiger partial charge >= 0.3 is 0 Å². The van der Waals surface area contributed by atoms with Crippen molar-refractivity contribution in [3.05, 3.63) is 48.6 Å². The zero-order valence-corrected chi connectivity index (χ0v) is 14.7. The van der Waals surface area contributed by atoms with Crippen LogP contribution in [0.5, 0.6) is 5.75 Å². The van der Waals surface area contributed by atoms with Crippen LogP contribution in [0.3, 0.4) is 0 Å². The summed E-state index contributed by atoms with van der Waals surface area (Å²) in [6.07, 6.45) is 1.60. The molecule has 1 amide bonds. The van der Waals surface area contributed by atoms with Crippen LogP contribution in [0.25, 0.3) is 0 Å². The van der Waals surface area contributed by atoms with Gasteiger partial charge < -0.3 is 4.74 Å². The molecular formula is C13H10BrIN2O2S. The number of hydrogen-bond acceptors (Lipinski definition) is 4. The number of benzene rings is 1. The number of halogens is 2. The highest BCUT2D eigenvalue weighted by atomic mass is 127. The lowest BCUT2D eigenvalue weighted by Crippen LogP contribution is -2.24. The van der Waals surface area contributed by atoms with Crippen molar-refractivity contribution in [2.24, 2.45) is 5.10 Å². The first-order valence-electron chi connectivity index (χ1n) is 5.60. The summed E-state index contributed by atoms with van der Waals surface area (Å²) in [7, 11) is 0. The number of para-hydroxylation sites is 1. The zero-order valence-electron chi connectivity index (χ0n) is 10.2. The van der Waals surface area contributed by atoms with E-state index in [1.54, 1.807) is 6.21 Å². The van der Waals surface area contributed by atoms with Gasteiger partial charge in [0.15, 0.2) is 6.61 Å². The first-order valence-corrected chi connectivity index (χ1v) is 8.28. The third-order valence-electron chi connectivity index (χ3n) is 2.17. The molecule has 20 heavy (non-hydrogen) atoms. The number of hydrazone groups is 1. The lowest BCUT2D eigenvalue weighted by molar-refractivity contribution is -0.123. The molecule has 0 radical (unpaired) electrons. The average molecular weight is 465 g/mol. The third-order valence-corrected chi connectivity index (χ3v) is 4.62. The van der Waals surface area contributed by atoms with E-state index in [1.807, 2.05) is 36.4 Å². The van der Waals surface area contributed by atoms with Crippen LogP contribution in [0, 0.1) is 3.57 Å². The Morgan fingerprint density at radius 1 is 1.40 bits per heavy atom. The molecule has 1 aromatic heterocycles. The highest BCUT2D eigenvalue weighted by Gasteiger charge is 2.03. The molecule has 0 bridgehead atoms. The van der Waals surface area contributed by atoms with E-state index in [0.29, 0.717) is 5.75 Å². The maximum Gasteiger partial charge on any atom is 0.277 e. The Bertz CT molecular complexity index is 630. The molecule has 104 valence electrons. The van der Waals surface area contributed by atoms with Gasteiger partial charge in [0.25, 0.3) is 5.91 Å². The van der Waals surface area contributed by atoms with E-state index in [1.165, 1.54) is 11.3 Å². The molecule has 4 nitrogen and oxygen atoms in total. The van der Waals surface area contributed by atoms with Gasteiger partial charge in [0, 0.05) is 4.88 Å². The lowest BCUT2D eigenvalue weighted by Gasteiger charge is -2.06. The van der Waals surface area contributed by atoms with Gasteiger partial charge in [0.05, 0.1) is 13.6 Å². The zero-order chi connectivity index (χ0) is 14.4. The molecule has 0 fully saturated rings. The Morgan fingerprint density at radius 2 is 2.20 bits per heavy atom.